The van der Waals surface area contributed by atoms with Crippen LogP contribution in [0.25, 0.3) is 0 Å². The summed E-state index contributed by atoms with van der Waals surface area (Å²) in [7, 11) is 1.59. The molecule has 0 aliphatic heterocycles. The van der Waals surface area contributed by atoms with Crippen LogP contribution in [0.5, 0.6) is 5.75 Å². The van der Waals surface area contributed by atoms with Crippen molar-refractivity contribution in [3.05, 3.63) is 59.2 Å². The van der Waals surface area contributed by atoms with Gasteiger partial charge in [0.1, 0.15) is 5.75 Å². The Morgan fingerprint density at radius 2 is 1.58 bits per heavy atom. The van der Waals surface area contributed by atoms with E-state index in [1.165, 1.54) is 0 Å². The van der Waals surface area contributed by atoms with Gasteiger partial charge in [-0.2, -0.15) is 0 Å². The fourth-order valence-electron chi connectivity index (χ4n) is 2.60. The summed E-state index contributed by atoms with van der Waals surface area (Å²) in [4.78, 5) is 24.1. The SMILES string of the molecule is COc1ccc(C(=O)CCCC(=O)Nc2cc(C)cc(C)c2)cc1. The Hall–Kier alpha value is -2.62. The molecule has 0 aliphatic carbocycles. The zero-order valence-corrected chi connectivity index (χ0v) is 14.4. The molecule has 2 rings (SSSR count). The minimum atomic E-state index is -0.0671. The number of ketones is 1. The highest BCUT2D eigenvalue weighted by atomic mass is 16.5. The molecule has 4 heteroatoms. The van der Waals surface area contributed by atoms with Gasteiger partial charge < -0.3 is 10.1 Å². The number of hydrogen-bond donors (Lipinski definition) is 1. The second-order valence-electron chi connectivity index (χ2n) is 5.93. The fraction of sp³-hybridized carbons (Fsp3) is 0.300. The summed E-state index contributed by atoms with van der Waals surface area (Å²) in [5.41, 5.74) is 3.67. The first-order chi connectivity index (χ1) is 11.5. The highest BCUT2D eigenvalue weighted by molar-refractivity contribution is 5.97. The Kier molecular flexibility index (Phi) is 6.13. The van der Waals surface area contributed by atoms with Crippen LogP contribution < -0.4 is 10.1 Å². The molecule has 0 bridgehead atoms. The Balaban J connectivity index is 1.80. The van der Waals surface area contributed by atoms with Crippen LogP contribution in [0.2, 0.25) is 0 Å². The summed E-state index contributed by atoms with van der Waals surface area (Å²) in [6.45, 7) is 3.99. The van der Waals surface area contributed by atoms with Gasteiger partial charge in [-0.25, -0.2) is 0 Å². The Bertz CT molecular complexity index is 700. The lowest BCUT2D eigenvalue weighted by Crippen LogP contribution is -2.12. The highest BCUT2D eigenvalue weighted by Crippen LogP contribution is 2.16. The van der Waals surface area contributed by atoms with E-state index in [0.717, 1.165) is 22.6 Å². The van der Waals surface area contributed by atoms with Crippen LogP contribution in [0.4, 0.5) is 5.69 Å². The molecule has 1 N–H and O–H groups in total. The molecule has 0 unspecified atom stereocenters. The van der Waals surface area contributed by atoms with Crippen molar-refractivity contribution >= 4 is 17.4 Å². The second kappa shape index (κ2) is 8.29. The van der Waals surface area contributed by atoms with Crippen LogP contribution in [0.1, 0.15) is 40.7 Å². The van der Waals surface area contributed by atoms with E-state index in [1.54, 1.807) is 31.4 Å². The number of carbonyl (C=O) groups excluding carboxylic acids is 2. The molecular formula is C20H23NO3. The fourth-order valence-corrected chi connectivity index (χ4v) is 2.60. The van der Waals surface area contributed by atoms with Crippen molar-refractivity contribution in [3.8, 4) is 5.75 Å². The average molecular weight is 325 g/mol. The molecule has 2 aromatic rings. The van der Waals surface area contributed by atoms with Crippen LogP contribution in [0.3, 0.4) is 0 Å². The van der Waals surface area contributed by atoms with Crippen molar-refractivity contribution in [1.29, 1.82) is 0 Å². The second-order valence-corrected chi connectivity index (χ2v) is 5.93. The number of anilines is 1. The first-order valence-electron chi connectivity index (χ1n) is 8.03. The lowest BCUT2D eigenvalue weighted by molar-refractivity contribution is -0.116. The largest absolute Gasteiger partial charge is 0.497 e. The minimum Gasteiger partial charge on any atom is -0.497 e. The molecule has 0 fully saturated rings. The van der Waals surface area contributed by atoms with Gasteiger partial charge in [-0.3, -0.25) is 9.59 Å². The first-order valence-corrected chi connectivity index (χ1v) is 8.03. The maximum absolute atomic E-state index is 12.1. The summed E-state index contributed by atoms with van der Waals surface area (Å²) in [6, 6.07) is 13.0. The zero-order chi connectivity index (χ0) is 17.5. The van der Waals surface area contributed by atoms with Crippen LogP contribution in [-0.4, -0.2) is 18.8 Å². The van der Waals surface area contributed by atoms with Gasteiger partial charge in [0, 0.05) is 24.1 Å². The van der Waals surface area contributed by atoms with Gasteiger partial charge in [-0.15, -0.1) is 0 Å². The smallest absolute Gasteiger partial charge is 0.224 e. The summed E-state index contributed by atoms with van der Waals surface area (Å²) >= 11 is 0. The third-order valence-electron chi connectivity index (χ3n) is 3.73. The number of rotatable bonds is 7. The molecule has 1 amide bonds. The number of ether oxygens (including phenoxy) is 1. The summed E-state index contributed by atoms with van der Waals surface area (Å²) in [5, 5.41) is 2.89. The predicted octanol–water partition coefficient (Wildman–Crippen LogP) is 4.30. The van der Waals surface area contributed by atoms with Crippen molar-refractivity contribution < 1.29 is 14.3 Å². The molecular weight excluding hydrogens is 302 g/mol. The van der Waals surface area contributed by atoms with E-state index in [2.05, 4.69) is 11.4 Å². The normalized spacial score (nSPS) is 10.3. The predicted molar refractivity (Wildman–Crippen MR) is 95.7 cm³/mol. The van der Waals surface area contributed by atoms with E-state index in [9.17, 15) is 9.59 Å². The summed E-state index contributed by atoms with van der Waals surface area (Å²) < 4.78 is 5.07. The Morgan fingerprint density at radius 1 is 0.958 bits per heavy atom. The maximum atomic E-state index is 12.1. The Labute approximate surface area is 142 Å². The molecule has 0 aromatic heterocycles. The zero-order valence-electron chi connectivity index (χ0n) is 14.4. The summed E-state index contributed by atoms with van der Waals surface area (Å²) in [6.07, 6.45) is 1.21. The van der Waals surface area contributed by atoms with Gasteiger partial charge in [0.05, 0.1) is 7.11 Å². The molecule has 2 aromatic carbocycles. The third kappa shape index (κ3) is 5.23. The minimum absolute atomic E-state index is 0.0388. The van der Waals surface area contributed by atoms with Gasteiger partial charge in [-0.05, 0) is 67.8 Å². The lowest BCUT2D eigenvalue weighted by Gasteiger charge is -2.07. The highest BCUT2D eigenvalue weighted by Gasteiger charge is 2.08. The molecule has 24 heavy (non-hydrogen) atoms. The molecule has 0 spiro atoms. The molecule has 0 aliphatic rings. The van der Waals surface area contributed by atoms with Crippen molar-refractivity contribution in [1.82, 2.24) is 0 Å². The van der Waals surface area contributed by atoms with Gasteiger partial charge in [0.2, 0.25) is 5.91 Å². The molecule has 4 nitrogen and oxygen atoms in total. The molecule has 0 radical (unpaired) electrons. The van der Waals surface area contributed by atoms with Gasteiger partial charge in [-0.1, -0.05) is 6.07 Å². The number of amides is 1. The number of methoxy groups -OCH3 is 1. The van der Waals surface area contributed by atoms with Gasteiger partial charge in [0.25, 0.3) is 0 Å². The topological polar surface area (TPSA) is 55.4 Å². The first kappa shape index (κ1) is 17.7. The number of nitrogens with one attached hydrogen (secondary N) is 1. The molecule has 0 atom stereocenters. The van der Waals surface area contributed by atoms with Crippen LogP contribution in [0, 0.1) is 13.8 Å². The van der Waals surface area contributed by atoms with E-state index in [0.29, 0.717) is 24.8 Å². The average Bonchev–Trinajstić information content (AvgIpc) is 2.53. The number of carbonyl (C=O) groups is 2. The quantitative estimate of drug-likeness (QED) is 0.772. The maximum Gasteiger partial charge on any atom is 0.224 e. The lowest BCUT2D eigenvalue weighted by atomic mass is 10.1. The van der Waals surface area contributed by atoms with Crippen molar-refractivity contribution in [2.75, 3.05) is 12.4 Å². The van der Waals surface area contributed by atoms with Crippen LogP contribution >= 0.6 is 0 Å². The number of Topliss-reactive ketones (excluding diaryl/α,β-unsaturated/α-hetero) is 1. The third-order valence-corrected chi connectivity index (χ3v) is 3.73. The van der Waals surface area contributed by atoms with E-state index in [4.69, 9.17) is 4.74 Å². The number of hydrogen-bond acceptors (Lipinski definition) is 3. The van der Waals surface area contributed by atoms with Crippen LogP contribution in [-0.2, 0) is 4.79 Å². The number of benzene rings is 2. The number of aryl methyl sites for hydroxylation is 2. The van der Waals surface area contributed by atoms with Crippen molar-refractivity contribution in [2.45, 2.75) is 33.1 Å². The molecule has 0 saturated carbocycles. The van der Waals surface area contributed by atoms with Gasteiger partial charge >= 0.3 is 0 Å². The van der Waals surface area contributed by atoms with Crippen molar-refractivity contribution in [3.63, 3.8) is 0 Å². The van der Waals surface area contributed by atoms with E-state index < -0.39 is 0 Å². The van der Waals surface area contributed by atoms with E-state index in [1.807, 2.05) is 26.0 Å². The van der Waals surface area contributed by atoms with Crippen LogP contribution in [0.15, 0.2) is 42.5 Å². The molecule has 0 heterocycles. The molecule has 0 saturated heterocycles. The van der Waals surface area contributed by atoms with Crippen molar-refractivity contribution in [2.24, 2.45) is 0 Å². The van der Waals surface area contributed by atoms with Gasteiger partial charge in [0.15, 0.2) is 5.78 Å². The Morgan fingerprint density at radius 3 is 2.17 bits per heavy atom. The van der Waals surface area contributed by atoms with E-state index >= 15 is 0 Å². The van der Waals surface area contributed by atoms with E-state index in [-0.39, 0.29) is 11.7 Å². The summed E-state index contributed by atoms with van der Waals surface area (Å²) in [5.74, 6) is 0.693. The monoisotopic (exact) mass is 325 g/mol. The standard InChI is InChI=1S/C20H23NO3/c1-14-11-15(2)13-17(12-14)21-20(23)6-4-5-19(22)16-7-9-18(24-3)10-8-16/h7-13H,4-6H2,1-3H3,(H,21,23). The molecule has 126 valence electrons.